The lowest BCUT2D eigenvalue weighted by atomic mass is 10.5. The molecule has 0 unspecified atom stereocenters. The minimum absolute atomic E-state index is 0.564. The summed E-state index contributed by atoms with van der Waals surface area (Å²) in [7, 11) is 0.779. The molecule has 4 nitrogen and oxygen atoms in total. The molecule has 0 fully saturated rings. The van der Waals surface area contributed by atoms with Crippen molar-refractivity contribution in [3.05, 3.63) is 18.5 Å². The summed E-state index contributed by atoms with van der Waals surface area (Å²) in [6.07, 6.45) is -3.37. The SMILES string of the molecule is O=S(=O)(Cl)c1cncc(OC(F)(F)F)c1. The van der Waals surface area contributed by atoms with Crippen LogP contribution in [0.15, 0.2) is 23.4 Å². The molecule has 0 amide bonds. The van der Waals surface area contributed by atoms with Crippen LogP contribution in [0.3, 0.4) is 0 Å². The van der Waals surface area contributed by atoms with E-state index in [1.807, 2.05) is 0 Å². The van der Waals surface area contributed by atoms with Crippen LogP contribution >= 0.6 is 10.7 Å². The van der Waals surface area contributed by atoms with E-state index in [0.29, 0.717) is 6.07 Å². The minimum Gasteiger partial charge on any atom is -0.404 e. The molecule has 84 valence electrons. The maximum atomic E-state index is 11.7. The van der Waals surface area contributed by atoms with Crippen molar-refractivity contribution in [2.45, 2.75) is 11.3 Å². The second kappa shape index (κ2) is 3.86. The van der Waals surface area contributed by atoms with Gasteiger partial charge >= 0.3 is 6.36 Å². The lowest BCUT2D eigenvalue weighted by Gasteiger charge is -2.08. The number of alkyl halides is 3. The third-order valence-electron chi connectivity index (χ3n) is 1.20. The van der Waals surface area contributed by atoms with Crippen molar-refractivity contribution < 1.29 is 26.3 Å². The van der Waals surface area contributed by atoms with Crippen LogP contribution in [0.4, 0.5) is 13.2 Å². The van der Waals surface area contributed by atoms with Crippen molar-refractivity contribution in [3.8, 4) is 5.75 Å². The molecule has 1 rings (SSSR count). The summed E-state index contributed by atoms with van der Waals surface area (Å²) in [6.45, 7) is 0. The summed E-state index contributed by atoms with van der Waals surface area (Å²) in [5.74, 6) is -0.746. The highest BCUT2D eigenvalue weighted by molar-refractivity contribution is 8.13. The lowest BCUT2D eigenvalue weighted by molar-refractivity contribution is -0.274. The molecule has 9 heteroatoms. The van der Waals surface area contributed by atoms with Gasteiger partial charge < -0.3 is 4.74 Å². The molecule has 0 saturated carbocycles. The summed E-state index contributed by atoms with van der Waals surface area (Å²) in [5, 5.41) is 0. The van der Waals surface area contributed by atoms with Gasteiger partial charge in [0, 0.05) is 22.9 Å². The van der Waals surface area contributed by atoms with Crippen molar-refractivity contribution in [1.29, 1.82) is 0 Å². The van der Waals surface area contributed by atoms with E-state index in [0.717, 1.165) is 12.4 Å². The van der Waals surface area contributed by atoms with E-state index in [-0.39, 0.29) is 0 Å². The molecule has 15 heavy (non-hydrogen) atoms. The zero-order chi connectivity index (χ0) is 11.7. The largest absolute Gasteiger partial charge is 0.573 e. The van der Waals surface area contributed by atoms with Crippen molar-refractivity contribution in [2.24, 2.45) is 0 Å². The molecule has 0 aliphatic rings. The molecule has 0 saturated heterocycles. The first-order valence-corrected chi connectivity index (χ1v) is 5.65. The molecule has 0 radical (unpaired) electrons. The zero-order valence-corrected chi connectivity index (χ0v) is 8.40. The molecule has 0 aromatic carbocycles. The second-order valence-corrected chi connectivity index (χ2v) is 4.91. The van der Waals surface area contributed by atoms with Crippen molar-refractivity contribution in [3.63, 3.8) is 0 Å². The number of hydrogen-bond acceptors (Lipinski definition) is 4. The number of hydrogen-bond donors (Lipinski definition) is 0. The Hall–Kier alpha value is -1.02. The van der Waals surface area contributed by atoms with Gasteiger partial charge in [0.15, 0.2) is 0 Å². The molecule has 1 heterocycles. The van der Waals surface area contributed by atoms with E-state index >= 15 is 0 Å². The van der Waals surface area contributed by atoms with Gasteiger partial charge in [-0.15, -0.1) is 13.2 Å². The van der Waals surface area contributed by atoms with Gasteiger partial charge in [0.25, 0.3) is 9.05 Å². The summed E-state index contributed by atoms with van der Waals surface area (Å²) in [5.41, 5.74) is 0. The molecular formula is C6H3ClF3NO3S. The van der Waals surface area contributed by atoms with Gasteiger partial charge in [0.2, 0.25) is 0 Å². The van der Waals surface area contributed by atoms with E-state index in [1.165, 1.54) is 0 Å². The van der Waals surface area contributed by atoms with Crippen LogP contribution in [-0.2, 0) is 9.05 Å². The number of rotatable bonds is 2. The van der Waals surface area contributed by atoms with Crippen LogP contribution in [-0.4, -0.2) is 19.8 Å². The highest BCUT2D eigenvalue weighted by Crippen LogP contribution is 2.24. The van der Waals surface area contributed by atoms with Gasteiger partial charge in [0.05, 0.1) is 6.20 Å². The predicted octanol–water partition coefficient (Wildman–Crippen LogP) is 1.91. The first kappa shape index (κ1) is 12.1. The summed E-state index contributed by atoms with van der Waals surface area (Å²) in [6, 6.07) is 0.628. The Morgan fingerprint density at radius 2 is 1.93 bits per heavy atom. The van der Waals surface area contributed by atoms with Crippen LogP contribution in [0, 0.1) is 0 Å². The molecule has 0 N–H and O–H groups in total. The highest BCUT2D eigenvalue weighted by atomic mass is 35.7. The second-order valence-electron chi connectivity index (χ2n) is 2.34. The molecular weight excluding hydrogens is 259 g/mol. The Morgan fingerprint density at radius 3 is 2.40 bits per heavy atom. The first-order chi connectivity index (χ1) is 6.68. The van der Waals surface area contributed by atoms with Gasteiger partial charge in [-0.05, 0) is 0 Å². The van der Waals surface area contributed by atoms with Crippen molar-refractivity contribution >= 4 is 19.7 Å². The monoisotopic (exact) mass is 261 g/mol. The van der Waals surface area contributed by atoms with Crippen LogP contribution < -0.4 is 4.74 Å². The van der Waals surface area contributed by atoms with Gasteiger partial charge in [-0.1, -0.05) is 0 Å². The summed E-state index contributed by atoms with van der Waals surface area (Å²) >= 11 is 0. The Labute approximate surface area is 87.1 Å². The smallest absolute Gasteiger partial charge is 0.404 e. The predicted molar refractivity (Wildman–Crippen MR) is 44.0 cm³/mol. The van der Waals surface area contributed by atoms with Gasteiger partial charge in [0.1, 0.15) is 10.6 Å². The Bertz CT molecular complexity index is 459. The van der Waals surface area contributed by atoms with E-state index in [9.17, 15) is 21.6 Å². The van der Waals surface area contributed by atoms with Gasteiger partial charge in [-0.25, -0.2) is 8.42 Å². The van der Waals surface area contributed by atoms with Crippen LogP contribution in [0.25, 0.3) is 0 Å². The number of aromatic nitrogens is 1. The molecule has 0 aliphatic heterocycles. The van der Waals surface area contributed by atoms with E-state index in [4.69, 9.17) is 10.7 Å². The summed E-state index contributed by atoms with van der Waals surface area (Å²) in [4.78, 5) is 2.68. The average Bonchev–Trinajstić information content (AvgIpc) is 1.99. The van der Waals surface area contributed by atoms with Crippen LogP contribution in [0.1, 0.15) is 0 Å². The van der Waals surface area contributed by atoms with Crippen LogP contribution in [0.2, 0.25) is 0 Å². The molecule has 1 aromatic rings. The number of nitrogens with zero attached hydrogens (tertiary/aromatic N) is 1. The fourth-order valence-electron chi connectivity index (χ4n) is 0.722. The molecule has 1 aromatic heterocycles. The fraction of sp³-hybridized carbons (Fsp3) is 0.167. The molecule has 0 atom stereocenters. The standard InChI is InChI=1S/C6H3ClF3NO3S/c7-15(12,13)5-1-4(2-11-3-5)14-6(8,9)10/h1-3H. The normalized spacial score (nSPS) is 12.5. The maximum absolute atomic E-state index is 11.7. The number of halogens is 4. The first-order valence-electron chi connectivity index (χ1n) is 3.34. The van der Waals surface area contributed by atoms with Gasteiger partial charge in [-0.2, -0.15) is 0 Å². The van der Waals surface area contributed by atoms with E-state index in [1.54, 1.807) is 0 Å². The quantitative estimate of drug-likeness (QED) is 0.763. The Balaban J connectivity index is 3.04. The fourth-order valence-corrected chi connectivity index (χ4v) is 1.42. The van der Waals surface area contributed by atoms with Crippen molar-refractivity contribution in [2.75, 3.05) is 0 Å². The zero-order valence-electron chi connectivity index (χ0n) is 6.82. The Kier molecular flexibility index (Phi) is 3.10. The van der Waals surface area contributed by atoms with E-state index < -0.39 is 26.1 Å². The minimum atomic E-state index is -4.91. The topological polar surface area (TPSA) is 56.3 Å². The molecule has 0 spiro atoms. The highest BCUT2D eigenvalue weighted by Gasteiger charge is 2.31. The number of ether oxygens (including phenoxy) is 1. The van der Waals surface area contributed by atoms with Gasteiger partial charge in [-0.3, -0.25) is 4.98 Å². The lowest BCUT2D eigenvalue weighted by Crippen LogP contribution is -2.17. The van der Waals surface area contributed by atoms with Crippen LogP contribution in [0.5, 0.6) is 5.75 Å². The van der Waals surface area contributed by atoms with Crippen molar-refractivity contribution in [1.82, 2.24) is 4.98 Å². The maximum Gasteiger partial charge on any atom is 0.573 e. The average molecular weight is 262 g/mol. The molecule has 0 aliphatic carbocycles. The Morgan fingerprint density at radius 1 is 1.33 bits per heavy atom. The number of pyridine rings is 1. The third kappa shape index (κ3) is 3.92. The summed E-state index contributed by atoms with van der Waals surface area (Å²) < 4.78 is 60.1. The molecule has 0 bridgehead atoms. The van der Waals surface area contributed by atoms with E-state index in [2.05, 4.69) is 9.72 Å². The third-order valence-corrected chi connectivity index (χ3v) is 2.52.